The molecule has 0 atom stereocenters. The molecule has 0 saturated heterocycles. The fourth-order valence-electron chi connectivity index (χ4n) is 2.70. The topological polar surface area (TPSA) is 95.6 Å². The van der Waals surface area contributed by atoms with Crippen LogP contribution in [-0.4, -0.2) is 25.1 Å². The average Bonchev–Trinajstić information content (AvgIpc) is 3.23. The molecule has 0 radical (unpaired) electrons. The highest BCUT2D eigenvalue weighted by molar-refractivity contribution is 6.30. The van der Waals surface area contributed by atoms with Gasteiger partial charge < -0.3 is 10.3 Å². The molecule has 0 bridgehead atoms. The minimum Gasteiger partial charge on any atom is -0.382 e. The first-order valence-corrected chi connectivity index (χ1v) is 8.29. The molecule has 0 aliphatic carbocycles. The summed E-state index contributed by atoms with van der Waals surface area (Å²) in [5.74, 6) is 0.976. The van der Waals surface area contributed by atoms with E-state index in [1.165, 1.54) is 0 Å². The summed E-state index contributed by atoms with van der Waals surface area (Å²) in [5, 5.41) is 12.9. The van der Waals surface area contributed by atoms with Gasteiger partial charge in [-0.05, 0) is 49.7 Å². The monoisotopic (exact) mass is 366 g/mol. The van der Waals surface area contributed by atoms with Crippen LogP contribution in [-0.2, 0) is 0 Å². The normalized spacial score (nSPS) is 11.0. The van der Waals surface area contributed by atoms with E-state index in [1.54, 1.807) is 16.8 Å². The first-order chi connectivity index (χ1) is 12.5. The van der Waals surface area contributed by atoms with Gasteiger partial charge in [0.15, 0.2) is 11.5 Å². The lowest BCUT2D eigenvalue weighted by atomic mass is 10.1. The first-order valence-electron chi connectivity index (χ1n) is 7.92. The van der Waals surface area contributed by atoms with Gasteiger partial charge >= 0.3 is 0 Å². The smallest absolute Gasteiger partial charge is 0.282 e. The standard InChI is InChI=1S/C18H15ClN6O/c1-10-3-8-14(11(2)9-10)25-16(20)15(22-24-25)18-21-17(23-26-18)12-4-6-13(19)7-5-12/h3-9H,20H2,1-2H3. The Labute approximate surface area is 154 Å². The maximum atomic E-state index is 6.23. The van der Waals surface area contributed by atoms with Gasteiger partial charge in [0.1, 0.15) is 0 Å². The van der Waals surface area contributed by atoms with Crippen LogP contribution < -0.4 is 5.73 Å². The molecule has 8 heteroatoms. The molecule has 0 aliphatic rings. The molecular weight excluding hydrogens is 352 g/mol. The van der Waals surface area contributed by atoms with Gasteiger partial charge in [-0.3, -0.25) is 0 Å². The highest BCUT2D eigenvalue weighted by Crippen LogP contribution is 2.27. The van der Waals surface area contributed by atoms with Crippen LogP contribution in [0.15, 0.2) is 47.0 Å². The minimum atomic E-state index is 0.212. The van der Waals surface area contributed by atoms with Crippen molar-refractivity contribution in [2.24, 2.45) is 0 Å². The van der Waals surface area contributed by atoms with Crippen LogP contribution in [0.2, 0.25) is 5.02 Å². The number of aromatic nitrogens is 5. The Morgan fingerprint density at radius 1 is 1.08 bits per heavy atom. The van der Waals surface area contributed by atoms with Crippen LogP contribution in [0.4, 0.5) is 5.82 Å². The lowest BCUT2D eigenvalue weighted by Gasteiger charge is -2.07. The lowest BCUT2D eigenvalue weighted by Crippen LogP contribution is -2.04. The average molecular weight is 367 g/mol. The predicted octanol–water partition coefficient (Wildman–Crippen LogP) is 3.84. The molecule has 4 rings (SSSR count). The number of nitrogen functional groups attached to an aromatic ring is 1. The molecule has 2 heterocycles. The number of hydrogen-bond acceptors (Lipinski definition) is 6. The van der Waals surface area contributed by atoms with E-state index in [9.17, 15) is 0 Å². The number of nitrogens with two attached hydrogens (primary N) is 1. The van der Waals surface area contributed by atoms with Gasteiger partial charge in [0, 0.05) is 10.6 Å². The van der Waals surface area contributed by atoms with E-state index in [2.05, 4.69) is 26.5 Å². The van der Waals surface area contributed by atoms with Crippen LogP contribution in [0.5, 0.6) is 0 Å². The molecule has 0 saturated carbocycles. The van der Waals surface area contributed by atoms with Crippen molar-refractivity contribution in [1.82, 2.24) is 25.1 Å². The largest absolute Gasteiger partial charge is 0.382 e. The van der Waals surface area contributed by atoms with Crippen molar-refractivity contribution in [3.63, 3.8) is 0 Å². The highest BCUT2D eigenvalue weighted by Gasteiger charge is 2.20. The summed E-state index contributed by atoms with van der Waals surface area (Å²) in [4.78, 5) is 4.37. The number of hydrogen-bond donors (Lipinski definition) is 1. The predicted molar refractivity (Wildman–Crippen MR) is 99.0 cm³/mol. The van der Waals surface area contributed by atoms with E-state index >= 15 is 0 Å². The van der Waals surface area contributed by atoms with Crippen LogP contribution in [0.1, 0.15) is 11.1 Å². The molecule has 7 nitrogen and oxygen atoms in total. The van der Waals surface area contributed by atoms with Crippen molar-refractivity contribution < 1.29 is 4.52 Å². The summed E-state index contributed by atoms with van der Waals surface area (Å²) in [6, 6.07) is 13.2. The van der Waals surface area contributed by atoms with Crippen LogP contribution in [0.25, 0.3) is 28.7 Å². The van der Waals surface area contributed by atoms with Gasteiger partial charge in [0.25, 0.3) is 5.89 Å². The Morgan fingerprint density at radius 3 is 2.58 bits per heavy atom. The molecule has 2 aromatic heterocycles. The summed E-state index contributed by atoms with van der Waals surface area (Å²) >= 11 is 5.90. The zero-order chi connectivity index (χ0) is 18.3. The van der Waals surface area contributed by atoms with E-state index in [-0.39, 0.29) is 5.89 Å². The molecule has 2 N–H and O–H groups in total. The number of aryl methyl sites for hydroxylation is 2. The third-order valence-corrected chi connectivity index (χ3v) is 4.27. The number of halogens is 1. The number of anilines is 1. The Morgan fingerprint density at radius 2 is 1.85 bits per heavy atom. The van der Waals surface area contributed by atoms with Gasteiger partial charge in [-0.25, -0.2) is 0 Å². The van der Waals surface area contributed by atoms with Gasteiger partial charge in [0.2, 0.25) is 5.82 Å². The number of rotatable bonds is 3. The molecule has 0 aliphatic heterocycles. The lowest BCUT2D eigenvalue weighted by molar-refractivity contribution is 0.431. The van der Waals surface area contributed by atoms with Crippen LogP contribution >= 0.6 is 11.6 Å². The van der Waals surface area contributed by atoms with Crippen molar-refractivity contribution in [1.29, 1.82) is 0 Å². The molecular formula is C18H15ClN6O. The van der Waals surface area contributed by atoms with E-state index < -0.39 is 0 Å². The van der Waals surface area contributed by atoms with Gasteiger partial charge in [-0.15, -0.1) is 5.10 Å². The van der Waals surface area contributed by atoms with Crippen molar-refractivity contribution in [3.8, 4) is 28.7 Å². The van der Waals surface area contributed by atoms with E-state index in [1.807, 2.05) is 38.1 Å². The molecule has 0 spiro atoms. The zero-order valence-electron chi connectivity index (χ0n) is 14.1. The Bertz CT molecular complexity index is 1080. The van der Waals surface area contributed by atoms with Crippen molar-refractivity contribution in [2.75, 3.05) is 5.73 Å². The third-order valence-electron chi connectivity index (χ3n) is 4.02. The van der Waals surface area contributed by atoms with Gasteiger partial charge in [0.05, 0.1) is 5.69 Å². The van der Waals surface area contributed by atoms with Gasteiger partial charge in [-0.2, -0.15) is 9.67 Å². The maximum Gasteiger partial charge on any atom is 0.282 e. The second-order valence-corrected chi connectivity index (χ2v) is 6.39. The number of nitrogens with zero attached hydrogens (tertiary/aromatic N) is 5. The second kappa shape index (κ2) is 6.27. The highest BCUT2D eigenvalue weighted by atomic mass is 35.5. The minimum absolute atomic E-state index is 0.212. The quantitative estimate of drug-likeness (QED) is 0.591. The molecule has 2 aromatic carbocycles. The molecule has 0 unspecified atom stereocenters. The number of benzene rings is 2. The maximum absolute atomic E-state index is 6.23. The molecule has 4 aromatic rings. The Hall–Kier alpha value is -3.19. The first kappa shape index (κ1) is 16.3. The fourth-order valence-corrected chi connectivity index (χ4v) is 2.82. The summed E-state index contributed by atoms with van der Waals surface area (Å²) in [5.41, 5.74) is 10.4. The summed E-state index contributed by atoms with van der Waals surface area (Å²) < 4.78 is 6.89. The van der Waals surface area contributed by atoms with Crippen LogP contribution in [0.3, 0.4) is 0 Å². The third kappa shape index (κ3) is 2.82. The summed E-state index contributed by atoms with van der Waals surface area (Å²) in [7, 11) is 0. The Balaban J connectivity index is 1.72. The molecule has 130 valence electrons. The van der Waals surface area contributed by atoms with Crippen molar-refractivity contribution in [2.45, 2.75) is 13.8 Å². The molecule has 0 fully saturated rings. The van der Waals surface area contributed by atoms with Crippen molar-refractivity contribution >= 4 is 17.4 Å². The second-order valence-electron chi connectivity index (χ2n) is 5.96. The van der Waals surface area contributed by atoms with E-state index in [0.29, 0.717) is 22.4 Å². The molecule has 26 heavy (non-hydrogen) atoms. The fraction of sp³-hybridized carbons (Fsp3) is 0.111. The zero-order valence-corrected chi connectivity index (χ0v) is 14.9. The van der Waals surface area contributed by atoms with Crippen molar-refractivity contribution in [3.05, 3.63) is 58.6 Å². The summed E-state index contributed by atoms with van der Waals surface area (Å²) in [6.07, 6.45) is 0. The molecule has 0 amide bonds. The SMILES string of the molecule is Cc1ccc(-n2nnc(-c3nc(-c4ccc(Cl)cc4)no3)c2N)c(C)c1. The van der Waals surface area contributed by atoms with Crippen LogP contribution in [0, 0.1) is 13.8 Å². The van der Waals surface area contributed by atoms with E-state index in [0.717, 1.165) is 22.4 Å². The summed E-state index contributed by atoms with van der Waals surface area (Å²) in [6.45, 7) is 4.03. The van der Waals surface area contributed by atoms with Gasteiger partial charge in [-0.1, -0.05) is 39.7 Å². The Kier molecular flexibility index (Phi) is 3.93. The van der Waals surface area contributed by atoms with E-state index in [4.69, 9.17) is 21.9 Å².